The van der Waals surface area contributed by atoms with Crippen LogP contribution in [0.25, 0.3) is 0 Å². The maximum atomic E-state index is 12.2. The summed E-state index contributed by atoms with van der Waals surface area (Å²) in [6.45, 7) is 5.64. The van der Waals surface area contributed by atoms with E-state index in [1.165, 1.54) is 0 Å². The fourth-order valence-electron chi connectivity index (χ4n) is 1.64. The Morgan fingerprint density at radius 3 is 2.55 bits per heavy atom. The average molecular weight is 293 g/mol. The minimum Gasteiger partial charge on any atom is -0.460 e. The first-order chi connectivity index (χ1) is 9.23. The fraction of sp³-hybridized carbons (Fsp3) is 0.692. The second kappa shape index (κ2) is 6.76. The summed E-state index contributed by atoms with van der Waals surface area (Å²) in [6.07, 6.45) is -5.24. The van der Waals surface area contributed by atoms with Crippen LogP contribution in [-0.4, -0.2) is 23.7 Å². The minimum atomic E-state index is -4.28. The molecule has 1 aromatic heterocycles. The Hall–Kier alpha value is -1.53. The number of esters is 1. The molecule has 0 saturated heterocycles. The van der Waals surface area contributed by atoms with E-state index in [1.807, 2.05) is 13.8 Å². The van der Waals surface area contributed by atoms with E-state index in [0.29, 0.717) is 12.1 Å². The predicted octanol–water partition coefficient (Wildman–Crippen LogP) is 3.54. The molecule has 0 unspecified atom stereocenters. The zero-order chi connectivity index (χ0) is 15.3. The van der Waals surface area contributed by atoms with Gasteiger partial charge < -0.3 is 9.15 Å². The van der Waals surface area contributed by atoms with Crippen LogP contribution in [0.1, 0.15) is 49.3 Å². The summed E-state index contributed by atoms with van der Waals surface area (Å²) in [6, 6.07) is 0. The molecule has 0 amide bonds. The van der Waals surface area contributed by atoms with Gasteiger partial charge in [-0.2, -0.15) is 13.2 Å². The number of aromatic nitrogens is 1. The van der Waals surface area contributed by atoms with Crippen molar-refractivity contribution >= 4 is 5.97 Å². The molecular weight excluding hydrogens is 275 g/mol. The van der Waals surface area contributed by atoms with Gasteiger partial charge in [0.2, 0.25) is 5.76 Å². The minimum absolute atomic E-state index is 0.0824. The molecule has 0 saturated carbocycles. The first kappa shape index (κ1) is 16.5. The van der Waals surface area contributed by atoms with Crippen molar-refractivity contribution in [1.82, 2.24) is 4.98 Å². The first-order valence-corrected chi connectivity index (χ1v) is 6.45. The summed E-state index contributed by atoms with van der Waals surface area (Å²) in [4.78, 5) is 15.7. The number of halogens is 3. The highest BCUT2D eigenvalue weighted by Crippen LogP contribution is 2.24. The molecule has 0 aliphatic carbocycles. The van der Waals surface area contributed by atoms with Crippen molar-refractivity contribution < 1.29 is 27.1 Å². The third-order valence-electron chi connectivity index (χ3n) is 2.43. The fourth-order valence-corrected chi connectivity index (χ4v) is 1.64. The highest BCUT2D eigenvalue weighted by Gasteiger charge is 2.29. The van der Waals surface area contributed by atoms with Gasteiger partial charge in [-0.3, -0.25) is 0 Å². The van der Waals surface area contributed by atoms with Gasteiger partial charge in [0.05, 0.1) is 18.7 Å². The number of carbonyl (C=O) groups excluding carboxylic acids is 1. The summed E-state index contributed by atoms with van der Waals surface area (Å²) < 4.78 is 46.5. The van der Waals surface area contributed by atoms with Crippen LogP contribution >= 0.6 is 0 Å². The van der Waals surface area contributed by atoms with E-state index in [0.717, 1.165) is 0 Å². The Balaban J connectivity index is 2.90. The molecular formula is C13H18F3NO3. The summed E-state index contributed by atoms with van der Waals surface area (Å²) in [5.74, 6) is -0.656. The van der Waals surface area contributed by atoms with Crippen molar-refractivity contribution in [3.8, 4) is 0 Å². The largest absolute Gasteiger partial charge is 0.460 e. The van der Waals surface area contributed by atoms with E-state index in [-0.39, 0.29) is 30.6 Å². The van der Waals surface area contributed by atoms with Gasteiger partial charge in [0.25, 0.3) is 0 Å². The molecule has 0 atom stereocenters. The Kier molecular flexibility index (Phi) is 5.59. The van der Waals surface area contributed by atoms with Crippen molar-refractivity contribution in [3.05, 3.63) is 17.3 Å². The van der Waals surface area contributed by atoms with E-state index in [1.54, 1.807) is 6.92 Å². The normalized spacial score (nSPS) is 11.9. The summed E-state index contributed by atoms with van der Waals surface area (Å²) in [5.41, 5.74) is 0.357. The average Bonchev–Trinajstić information content (AvgIpc) is 2.68. The monoisotopic (exact) mass is 293 g/mol. The van der Waals surface area contributed by atoms with Crippen LogP contribution in [0.5, 0.6) is 0 Å². The topological polar surface area (TPSA) is 52.3 Å². The van der Waals surface area contributed by atoms with Crippen molar-refractivity contribution in [2.75, 3.05) is 6.61 Å². The van der Waals surface area contributed by atoms with Crippen LogP contribution in [0.2, 0.25) is 0 Å². The summed E-state index contributed by atoms with van der Waals surface area (Å²) in [7, 11) is 0. The van der Waals surface area contributed by atoms with Crippen LogP contribution in [0.3, 0.4) is 0 Å². The number of hydrogen-bond donors (Lipinski definition) is 0. The van der Waals surface area contributed by atoms with Crippen LogP contribution < -0.4 is 0 Å². The van der Waals surface area contributed by atoms with E-state index in [4.69, 9.17) is 9.15 Å². The number of ether oxygens (including phenoxy) is 1. The Labute approximate surface area is 115 Å². The van der Waals surface area contributed by atoms with Gasteiger partial charge in [0.15, 0.2) is 5.89 Å². The lowest BCUT2D eigenvalue weighted by Gasteiger charge is -2.02. The Bertz CT molecular complexity index is 452. The lowest BCUT2D eigenvalue weighted by Crippen LogP contribution is -2.08. The molecule has 1 aromatic rings. The van der Waals surface area contributed by atoms with Gasteiger partial charge in [-0.15, -0.1) is 0 Å². The molecule has 7 heteroatoms. The maximum Gasteiger partial charge on any atom is 0.389 e. The highest BCUT2D eigenvalue weighted by molar-refractivity contribution is 5.87. The molecule has 0 fully saturated rings. The number of oxazole rings is 1. The lowest BCUT2D eigenvalue weighted by atomic mass is 10.1. The lowest BCUT2D eigenvalue weighted by molar-refractivity contribution is -0.134. The van der Waals surface area contributed by atoms with Gasteiger partial charge in [-0.05, 0) is 19.3 Å². The third kappa shape index (κ3) is 5.22. The van der Waals surface area contributed by atoms with Crippen molar-refractivity contribution in [1.29, 1.82) is 0 Å². The highest BCUT2D eigenvalue weighted by atomic mass is 19.4. The predicted molar refractivity (Wildman–Crippen MR) is 65.4 cm³/mol. The van der Waals surface area contributed by atoms with E-state index in [2.05, 4.69) is 4.98 Å². The van der Waals surface area contributed by atoms with Crippen LogP contribution in [0.15, 0.2) is 4.42 Å². The molecule has 0 bridgehead atoms. The molecule has 0 aromatic carbocycles. The zero-order valence-corrected chi connectivity index (χ0v) is 11.7. The third-order valence-corrected chi connectivity index (χ3v) is 2.43. The molecule has 0 radical (unpaired) electrons. The summed E-state index contributed by atoms with van der Waals surface area (Å²) >= 11 is 0. The molecule has 0 aliphatic heterocycles. The second-order valence-electron chi connectivity index (χ2n) is 4.82. The molecule has 0 aliphatic rings. The number of hydrogen-bond acceptors (Lipinski definition) is 4. The van der Waals surface area contributed by atoms with Gasteiger partial charge in [0, 0.05) is 6.42 Å². The van der Waals surface area contributed by atoms with Crippen LogP contribution in [-0.2, 0) is 17.6 Å². The molecule has 0 spiro atoms. The number of alkyl halides is 3. The smallest absolute Gasteiger partial charge is 0.389 e. The van der Waals surface area contributed by atoms with Crippen LogP contribution in [0, 0.1) is 5.92 Å². The molecule has 4 nitrogen and oxygen atoms in total. The van der Waals surface area contributed by atoms with Crippen molar-refractivity contribution in [3.63, 3.8) is 0 Å². The number of rotatable bonds is 6. The molecule has 1 heterocycles. The standard InChI is InChI=1S/C13H18F3NO3/c1-4-19-12(18)11-9(7-8(2)3)17-10(20-11)5-6-13(14,15)16/h8H,4-7H2,1-3H3. The second-order valence-corrected chi connectivity index (χ2v) is 4.82. The SMILES string of the molecule is CCOC(=O)c1oc(CCC(F)(F)F)nc1CC(C)C. The Morgan fingerprint density at radius 2 is 2.05 bits per heavy atom. The quantitative estimate of drug-likeness (QED) is 0.753. The summed E-state index contributed by atoms with van der Waals surface area (Å²) in [5, 5.41) is 0. The first-order valence-electron chi connectivity index (χ1n) is 6.45. The molecule has 20 heavy (non-hydrogen) atoms. The molecule has 114 valence electrons. The van der Waals surface area contributed by atoms with E-state index in [9.17, 15) is 18.0 Å². The number of carbonyl (C=O) groups is 1. The maximum absolute atomic E-state index is 12.2. The van der Waals surface area contributed by atoms with Gasteiger partial charge in [-0.1, -0.05) is 13.8 Å². The molecule has 0 N–H and O–H groups in total. The van der Waals surface area contributed by atoms with Crippen molar-refractivity contribution in [2.45, 2.75) is 46.2 Å². The molecule has 1 rings (SSSR count). The number of nitrogens with zero attached hydrogens (tertiary/aromatic N) is 1. The van der Waals surface area contributed by atoms with Crippen molar-refractivity contribution in [2.24, 2.45) is 5.92 Å². The zero-order valence-electron chi connectivity index (χ0n) is 11.7. The van der Waals surface area contributed by atoms with E-state index < -0.39 is 18.6 Å². The number of aryl methyl sites for hydroxylation is 1. The van der Waals surface area contributed by atoms with Crippen LogP contribution in [0.4, 0.5) is 13.2 Å². The van der Waals surface area contributed by atoms with Gasteiger partial charge >= 0.3 is 12.1 Å². The Morgan fingerprint density at radius 1 is 1.40 bits per heavy atom. The van der Waals surface area contributed by atoms with Gasteiger partial charge in [-0.25, -0.2) is 9.78 Å². The van der Waals surface area contributed by atoms with E-state index >= 15 is 0 Å². The van der Waals surface area contributed by atoms with Gasteiger partial charge in [0.1, 0.15) is 0 Å².